The van der Waals surface area contributed by atoms with E-state index in [-0.39, 0.29) is 24.0 Å². The van der Waals surface area contributed by atoms with Gasteiger partial charge < -0.3 is 10.6 Å². The number of aryl methyl sites for hydroxylation is 2. The monoisotopic (exact) mass is 610 g/mol. The number of nitrogens with one attached hydrogen (secondary N) is 3. The number of aliphatic imine (C=N–C) groups is 1. The van der Waals surface area contributed by atoms with E-state index >= 15 is 0 Å². The van der Waals surface area contributed by atoms with E-state index in [2.05, 4.69) is 21.6 Å². The van der Waals surface area contributed by atoms with Gasteiger partial charge in [-0.25, -0.2) is 10.4 Å². The molecule has 3 N–H and O–H groups in total. The van der Waals surface area contributed by atoms with Crippen molar-refractivity contribution in [2.75, 3.05) is 13.1 Å². The molecule has 3 aromatic carbocycles. The summed E-state index contributed by atoms with van der Waals surface area (Å²) in [7, 11) is 0. The number of nitrogens with zero attached hydrogens (tertiary/aromatic N) is 3. The number of hydrogen-bond acceptors (Lipinski definition) is 6. The minimum Gasteiger partial charge on any atom is -0.310 e. The standard InChI is InChI=1S/C19H18ClN3O.C12H14ClN3.ClH/c1-12-5-2-6-13(11-12)23-18(16-9-4-10-21-16)22-15-8-3-7-14(20)17(15)19(23)24;1-8-5-9(13)6-11(16-7-14)12(8)10-3-2-4-15-10;/h2-3,5-8,11,16,21H,4,9-10H2,1H3;5-6,10,14-15H,2-4H2,1H3;1H/t16-;;/m0../s1. The van der Waals surface area contributed by atoms with Crippen molar-refractivity contribution in [3.63, 3.8) is 0 Å². The summed E-state index contributed by atoms with van der Waals surface area (Å²) >= 11 is 12.3. The van der Waals surface area contributed by atoms with Crippen LogP contribution < -0.4 is 16.2 Å². The fourth-order valence-corrected chi connectivity index (χ4v) is 6.15. The minimum absolute atomic E-state index is 0. The normalized spacial score (nSPS) is 17.9. The second-order valence-electron chi connectivity index (χ2n) is 10.3. The van der Waals surface area contributed by atoms with Gasteiger partial charge in [0, 0.05) is 11.1 Å². The highest BCUT2D eigenvalue weighted by Gasteiger charge is 2.25. The summed E-state index contributed by atoms with van der Waals surface area (Å²) in [6.07, 6.45) is 4.36. The van der Waals surface area contributed by atoms with Crippen LogP contribution in [0.15, 0.2) is 64.4 Å². The first-order valence-electron chi connectivity index (χ1n) is 13.5. The molecule has 2 atom stereocenters. The molecule has 0 bridgehead atoms. The summed E-state index contributed by atoms with van der Waals surface area (Å²) in [5, 5.41) is 15.4. The molecule has 2 aliphatic heterocycles. The Morgan fingerprint density at radius 3 is 2.37 bits per heavy atom. The third-order valence-electron chi connectivity index (χ3n) is 7.42. The van der Waals surface area contributed by atoms with Gasteiger partial charge in [-0.15, -0.1) is 12.4 Å². The summed E-state index contributed by atoms with van der Waals surface area (Å²) in [4.78, 5) is 22.0. The first kappa shape index (κ1) is 30.9. The summed E-state index contributed by atoms with van der Waals surface area (Å²) in [5.74, 6) is 0.762. The Balaban J connectivity index is 0.000000200. The average Bonchev–Trinajstić information content (AvgIpc) is 3.64. The molecule has 2 saturated heterocycles. The summed E-state index contributed by atoms with van der Waals surface area (Å²) in [6, 6.07) is 19.6. The largest absolute Gasteiger partial charge is 0.310 e. The molecule has 4 aromatic rings. The second-order valence-corrected chi connectivity index (χ2v) is 11.1. The molecule has 3 heterocycles. The van der Waals surface area contributed by atoms with Crippen LogP contribution in [-0.2, 0) is 0 Å². The Morgan fingerprint density at radius 1 is 1.00 bits per heavy atom. The molecule has 10 heteroatoms. The van der Waals surface area contributed by atoms with E-state index < -0.39 is 0 Å². The SMILES string of the molecule is Cc1cc(Cl)cc(N=C=N)c1C1CCCN1.Cc1cccc(-n2c([C@@H]3CCCN3)nc3cccc(Cl)c3c2=O)c1.Cl. The van der Waals surface area contributed by atoms with Crippen molar-refractivity contribution in [3.8, 4) is 5.69 Å². The van der Waals surface area contributed by atoms with Crippen LogP contribution in [0.3, 0.4) is 0 Å². The maximum absolute atomic E-state index is 13.2. The smallest absolute Gasteiger partial charge is 0.267 e. The van der Waals surface area contributed by atoms with Gasteiger partial charge in [-0.2, -0.15) is 4.99 Å². The van der Waals surface area contributed by atoms with Gasteiger partial charge >= 0.3 is 0 Å². The van der Waals surface area contributed by atoms with Crippen molar-refractivity contribution < 1.29 is 0 Å². The molecule has 7 nitrogen and oxygen atoms in total. The number of hydrogen-bond donors (Lipinski definition) is 3. The van der Waals surface area contributed by atoms with E-state index in [0.29, 0.717) is 27.0 Å². The Bertz CT molecular complexity index is 1650. The average molecular weight is 612 g/mol. The van der Waals surface area contributed by atoms with E-state index in [1.807, 2.05) is 56.3 Å². The van der Waals surface area contributed by atoms with Crippen molar-refractivity contribution in [1.82, 2.24) is 20.2 Å². The highest BCUT2D eigenvalue weighted by molar-refractivity contribution is 6.35. The third kappa shape index (κ3) is 6.73. The fourth-order valence-electron chi connectivity index (χ4n) is 5.64. The molecule has 0 amide bonds. The number of aromatic nitrogens is 2. The van der Waals surface area contributed by atoms with Gasteiger partial charge in [-0.05, 0) is 106 Å². The molecule has 1 unspecified atom stereocenters. The molecular formula is C31H33Cl3N6O. The first-order valence-corrected chi connectivity index (χ1v) is 14.3. The van der Waals surface area contributed by atoms with Crippen molar-refractivity contribution >= 4 is 58.2 Å². The first-order chi connectivity index (χ1) is 19.4. The lowest BCUT2D eigenvalue weighted by Crippen LogP contribution is -2.29. The molecule has 0 radical (unpaired) electrons. The lowest BCUT2D eigenvalue weighted by atomic mass is 9.98. The number of rotatable bonds is 4. The number of halogens is 3. The molecule has 214 valence electrons. The van der Waals surface area contributed by atoms with Gasteiger partial charge in [-0.1, -0.05) is 41.4 Å². The molecule has 0 saturated carbocycles. The lowest BCUT2D eigenvalue weighted by Gasteiger charge is -2.18. The Hall–Kier alpha value is -3.03. The van der Waals surface area contributed by atoms with E-state index in [0.717, 1.165) is 66.2 Å². The quantitative estimate of drug-likeness (QED) is 0.207. The van der Waals surface area contributed by atoms with Crippen molar-refractivity contribution in [2.45, 2.75) is 51.6 Å². The third-order valence-corrected chi connectivity index (χ3v) is 7.95. The molecule has 1 aromatic heterocycles. The van der Waals surface area contributed by atoms with Crippen LogP contribution in [-0.4, -0.2) is 28.6 Å². The van der Waals surface area contributed by atoms with Crippen LogP contribution in [0.5, 0.6) is 0 Å². The van der Waals surface area contributed by atoms with Crippen LogP contribution >= 0.6 is 35.6 Å². The van der Waals surface area contributed by atoms with Crippen molar-refractivity contribution in [1.29, 1.82) is 5.41 Å². The maximum Gasteiger partial charge on any atom is 0.267 e. The Labute approximate surface area is 255 Å². The lowest BCUT2D eigenvalue weighted by molar-refractivity contribution is 0.584. The fraction of sp³-hybridized carbons (Fsp3) is 0.323. The topological polar surface area (TPSA) is 95.2 Å². The van der Waals surface area contributed by atoms with Gasteiger partial charge in [0.25, 0.3) is 5.56 Å². The van der Waals surface area contributed by atoms with Crippen LogP contribution in [0, 0.1) is 19.3 Å². The van der Waals surface area contributed by atoms with Crippen molar-refractivity contribution in [3.05, 3.63) is 97.5 Å². The van der Waals surface area contributed by atoms with Gasteiger partial charge in [0.2, 0.25) is 0 Å². The van der Waals surface area contributed by atoms with E-state index in [1.165, 1.54) is 6.42 Å². The highest BCUT2D eigenvalue weighted by atomic mass is 35.5. The second kappa shape index (κ2) is 13.8. The Kier molecular flexibility index (Phi) is 10.4. The predicted octanol–water partition coefficient (Wildman–Crippen LogP) is 7.65. The van der Waals surface area contributed by atoms with Gasteiger partial charge in [0.15, 0.2) is 0 Å². The molecule has 2 fully saturated rings. The van der Waals surface area contributed by atoms with Crippen LogP contribution in [0.25, 0.3) is 16.6 Å². The zero-order valence-corrected chi connectivity index (χ0v) is 25.3. The predicted molar refractivity (Wildman–Crippen MR) is 170 cm³/mol. The summed E-state index contributed by atoms with van der Waals surface area (Å²) in [6.45, 7) is 6.04. The molecule has 2 aliphatic rings. The Morgan fingerprint density at radius 2 is 1.71 bits per heavy atom. The minimum atomic E-state index is -0.111. The molecule has 0 aliphatic carbocycles. The van der Waals surface area contributed by atoms with Crippen molar-refractivity contribution in [2.24, 2.45) is 4.99 Å². The number of fused-ring (bicyclic) bond motifs is 1. The summed E-state index contributed by atoms with van der Waals surface area (Å²) in [5.41, 5.74) is 5.52. The van der Waals surface area contributed by atoms with E-state index in [4.69, 9.17) is 33.6 Å². The maximum atomic E-state index is 13.2. The highest BCUT2D eigenvalue weighted by Crippen LogP contribution is 2.36. The van der Waals surface area contributed by atoms with Gasteiger partial charge in [0.05, 0.1) is 39.4 Å². The van der Waals surface area contributed by atoms with Crippen LogP contribution in [0.2, 0.25) is 10.0 Å². The van der Waals surface area contributed by atoms with Crippen LogP contribution in [0.4, 0.5) is 5.69 Å². The molecule has 0 spiro atoms. The van der Waals surface area contributed by atoms with E-state index in [1.54, 1.807) is 16.7 Å². The molecule has 41 heavy (non-hydrogen) atoms. The molecular weight excluding hydrogens is 579 g/mol. The van der Waals surface area contributed by atoms with E-state index in [9.17, 15) is 4.79 Å². The number of benzene rings is 3. The zero-order valence-electron chi connectivity index (χ0n) is 23.0. The molecule has 6 rings (SSSR count). The summed E-state index contributed by atoms with van der Waals surface area (Å²) < 4.78 is 1.71. The van der Waals surface area contributed by atoms with Gasteiger partial charge in [-0.3, -0.25) is 9.36 Å². The zero-order chi connectivity index (χ0) is 28.2. The van der Waals surface area contributed by atoms with Crippen LogP contribution in [0.1, 0.15) is 60.3 Å². The van der Waals surface area contributed by atoms with Gasteiger partial charge in [0.1, 0.15) is 5.82 Å².